The summed E-state index contributed by atoms with van der Waals surface area (Å²) in [6.45, 7) is 2.64. The van der Waals surface area contributed by atoms with Crippen LogP contribution in [-0.2, 0) is 19.4 Å². The average molecular weight is 189 g/mol. The molecule has 13 heavy (non-hydrogen) atoms. The van der Waals surface area contributed by atoms with Crippen molar-refractivity contribution in [2.45, 2.75) is 26.2 Å². The van der Waals surface area contributed by atoms with Crippen LogP contribution in [0.5, 0.6) is 0 Å². The summed E-state index contributed by atoms with van der Waals surface area (Å²) in [6.07, 6.45) is -1.56. The molecule has 1 fully saturated rings. The molecule has 1 heterocycles. The molecule has 0 aromatic heterocycles. The fourth-order valence-corrected chi connectivity index (χ4v) is 1.04. The first-order valence-corrected chi connectivity index (χ1v) is 3.84. The molecule has 1 amide bonds. The number of rotatable bonds is 3. The lowest BCUT2D eigenvalue weighted by atomic mass is 9.94. The Morgan fingerprint density at radius 3 is 2.69 bits per heavy atom. The molecule has 0 unspecified atom stereocenters. The van der Waals surface area contributed by atoms with Crippen LogP contribution in [0.4, 0.5) is 0 Å². The maximum Gasteiger partial charge on any atom is 0.339 e. The minimum Gasteiger partial charge on any atom is -0.392 e. The SMILES string of the molecule is CC(=O)OO[C@H]1NC(=O)[C@@H]1[C@@H](C)O. The molecule has 0 aromatic rings. The van der Waals surface area contributed by atoms with Gasteiger partial charge in [0, 0.05) is 6.92 Å². The third kappa shape index (κ3) is 2.16. The van der Waals surface area contributed by atoms with Gasteiger partial charge in [-0.25, -0.2) is 4.79 Å². The van der Waals surface area contributed by atoms with E-state index in [4.69, 9.17) is 5.11 Å². The normalized spacial score (nSPS) is 28.7. The Labute approximate surface area is 74.7 Å². The first-order chi connectivity index (χ1) is 6.02. The van der Waals surface area contributed by atoms with Gasteiger partial charge in [0.1, 0.15) is 5.92 Å². The van der Waals surface area contributed by atoms with E-state index in [9.17, 15) is 9.59 Å². The minimum atomic E-state index is -0.825. The maximum absolute atomic E-state index is 10.8. The summed E-state index contributed by atoms with van der Waals surface area (Å²) < 4.78 is 0. The zero-order chi connectivity index (χ0) is 10.0. The van der Waals surface area contributed by atoms with Crippen LogP contribution in [0.3, 0.4) is 0 Å². The second-order valence-corrected chi connectivity index (χ2v) is 2.87. The van der Waals surface area contributed by atoms with Crippen molar-refractivity contribution in [3.63, 3.8) is 0 Å². The standard InChI is InChI=1S/C7H11NO5/c1-3(9)5-6(11)8-7(5)13-12-4(2)10/h3,5,7,9H,1-2H3,(H,8,11)/t3-,5+,7-/m1/s1. The largest absolute Gasteiger partial charge is 0.392 e. The van der Waals surface area contributed by atoms with Crippen LogP contribution in [0.2, 0.25) is 0 Å². The Bertz CT molecular complexity index is 227. The summed E-state index contributed by atoms with van der Waals surface area (Å²) in [6, 6.07) is 0. The number of β-lactam (4-membered cyclic amide) rings is 1. The molecule has 3 atom stereocenters. The Morgan fingerprint density at radius 1 is 1.69 bits per heavy atom. The monoisotopic (exact) mass is 189 g/mol. The second kappa shape index (κ2) is 3.71. The van der Waals surface area contributed by atoms with Crippen molar-refractivity contribution in [3.05, 3.63) is 0 Å². The Balaban J connectivity index is 2.36. The summed E-state index contributed by atoms with van der Waals surface area (Å²) in [7, 11) is 0. The van der Waals surface area contributed by atoms with Gasteiger partial charge in [-0.3, -0.25) is 9.68 Å². The lowest BCUT2D eigenvalue weighted by Crippen LogP contribution is -2.63. The van der Waals surface area contributed by atoms with Crippen molar-refractivity contribution in [3.8, 4) is 0 Å². The highest BCUT2D eigenvalue weighted by Gasteiger charge is 2.45. The van der Waals surface area contributed by atoms with E-state index in [0.717, 1.165) is 0 Å². The number of carbonyl (C=O) groups excluding carboxylic acids is 2. The molecule has 74 valence electrons. The fraction of sp³-hybridized carbons (Fsp3) is 0.714. The van der Waals surface area contributed by atoms with Gasteiger partial charge in [0.15, 0.2) is 6.23 Å². The zero-order valence-corrected chi connectivity index (χ0v) is 7.31. The molecule has 1 rings (SSSR count). The van der Waals surface area contributed by atoms with E-state index in [0.29, 0.717) is 0 Å². The number of amides is 1. The van der Waals surface area contributed by atoms with Crippen molar-refractivity contribution in [1.29, 1.82) is 0 Å². The molecule has 1 saturated heterocycles. The molecule has 0 aliphatic carbocycles. The smallest absolute Gasteiger partial charge is 0.339 e. The van der Waals surface area contributed by atoms with E-state index < -0.39 is 24.2 Å². The third-order valence-corrected chi connectivity index (χ3v) is 1.70. The van der Waals surface area contributed by atoms with Gasteiger partial charge >= 0.3 is 5.97 Å². The average Bonchev–Trinajstić information content (AvgIpc) is 1.95. The molecule has 0 aromatic carbocycles. The fourth-order valence-electron chi connectivity index (χ4n) is 1.04. The first kappa shape index (κ1) is 9.94. The summed E-state index contributed by atoms with van der Waals surface area (Å²) in [5.41, 5.74) is 0. The number of aliphatic hydroxyl groups excluding tert-OH is 1. The Kier molecular flexibility index (Phi) is 2.84. The molecule has 1 aliphatic heterocycles. The molecule has 1 aliphatic rings. The van der Waals surface area contributed by atoms with Crippen molar-refractivity contribution in [1.82, 2.24) is 5.32 Å². The van der Waals surface area contributed by atoms with E-state index in [2.05, 4.69) is 15.1 Å². The summed E-state index contributed by atoms with van der Waals surface area (Å²) >= 11 is 0. The highest BCUT2D eigenvalue weighted by molar-refractivity contribution is 5.85. The molecule has 6 nitrogen and oxygen atoms in total. The number of aliphatic hydroxyl groups is 1. The minimum absolute atomic E-state index is 0.313. The van der Waals surface area contributed by atoms with Crippen molar-refractivity contribution in [2.75, 3.05) is 0 Å². The maximum atomic E-state index is 10.8. The highest BCUT2D eigenvalue weighted by atomic mass is 17.2. The lowest BCUT2D eigenvalue weighted by Gasteiger charge is -2.35. The highest BCUT2D eigenvalue weighted by Crippen LogP contribution is 2.20. The summed E-state index contributed by atoms with van der Waals surface area (Å²) in [4.78, 5) is 29.9. The van der Waals surface area contributed by atoms with Crippen LogP contribution < -0.4 is 5.32 Å². The first-order valence-electron chi connectivity index (χ1n) is 3.84. The van der Waals surface area contributed by atoms with Crippen molar-refractivity contribution < 1.29 is 24.5 Å². The van der Waals surface area contributed by atoms with E-state index in [-0.39, 0.29) is 5.91 Å². The molecule has 6 heteroatoms. The zero-order valence-electron chi connectivity index (χ0n) is 7.31. The molecule has 2 N–H and O–H groups in total. The van der Waals surface area contributed by atoms with Crippen LogP contribution in [0.15, 0.2) is 0 Å². The van der Waals surface area contributed by atoms with Gasteiger partial charge in [-0.2, -0.15) is 4.89 Å². The van der Waals surface area contributed by atoms with Crippen LogP contribution in [-0.4, -0.2) is 29.3 Å². The lowest BCUT2D eigenvalue weighted by molar-refractivity contribution is -0.322. The molecule has 0 spiro atoms. The van der Waals surface area contributed by atoms with Crippen LogP contribution in [0.25, 0.3) is 0 Å². The molecular formula is C7H11NO5. The quantitative estimate of drug-likeness (QED) is 0.335. The van der Waals surface area contributed by atoms with Gasteiger partial charge in [0.25, 0.3) is 0 Å². The van der Waals surface area contributed by atoms with Gasteiger partial charge in [-0.05, 0) is 6.92 Å². The number of hydrogen-bond acceptors (Lipinski definition) is 5. The summed E-state index contributed by atoms with van der Waals surface area (Å²) in [5, 5.41) is 11.4. The van der Waals surface area contributed by atoms with Crippen LogP contribution in [0, 0.1) is 5.92 Å². The Hall–Kier alpha value is -1.14. The van der Waals surface area contributed by atoms with E-state index in [1.807, 2.05) is 0 Å². The van der Waals surface area contributed by atoms with Gasteiger partial charge in [-0.1, -0.05) is 0 Å². The van der Waals surface area contributed by atoms with Crippen molar-refractivity contribution >= 4 is 11.9 Å². The molecular weight excluding hydrogens is 178 g/mol. The van der Waals surface area contributed by atoms with Gasteiger partial charge in [0.2, 0.25) is 5.91 Å². The number of hydrogen-bond donors (Lipinski definition) is 2. The van der Waals surface area contributed by atoms with Crippen LogP contribution >= 0.6 is 0 Å². The van der Waals surface area contributed by atoms with Crippen LogP contribution in [0.1, 0.15) is 13.8 Å². The predicted octanol–water partition coefficient (Wildman–Crippen LogP) is -1.07. The van der Waals surface area contributed by atoms with Gasteiger partial charge in [-0.15, -0.1) is 0 Å². The number of carbonyl (C=O) groups is 2. The van der Waals surface area contributed by atoms with Crippen molar-refractivity contribution in [2.24, 2.45) is 5.92 Å². The Morgan fingerprint density at radius 2 is 2.31 bits per heavy atom. The molecule has 0 bridgehead atoms. The molecule has 0 saturated carbocycles. The van der Waals surface area contributed by atoms with E-state index >= 15 is 0 Å². The van der Waals surface area contributed by atoms with Gasteiger partial charge < -0.3 is 10.4 Å². The predicted molar refractivity (Wildman–Crippen MR) is 40.0 cm³/mol. The summed E-state index contributed by atoms with van der Waals surface area (Å²) in [5.74, 6) is -1.59. The third-order valence-electron chi connectivity index (χ3n) is 1.70. The van der Waals surface area contributed by atoms with E-state index in [1.54, 1.807) is 0 Å². The topological polar surface area (TPSA) is 84.9 Å². The number of nitrogens with one attached hydrogen (secondary N) is 1. The molecule has 0 radical (unpaired) electrons. The van der Waals surface area contributed by atoms with E-state index in [1.165, 1.54) is 13.8 Å². The van der Waals surface area contributed by atoms with Gasteiger partial charge in [0.05, 0.1) is 6.10 Å². The second-order valence-electron chi connectivity index (χ2n) is 2.87.